The number of rotatable bonds is 3. The number of hydrogen-bond acceptors (Lipinski definition) is 3. The molecule has 3 rings (SSSR count). The van der Waals surface area contributed by atoms with Crippen molar-refractivity contribution in [3.63, 3.8) is 0 Å². The normalized spacial score (nSPS) is 24.9. The van der Waals surface area contributed by atoms with Crippen LogP contribution in [0.15, 0.2) is 28.9 Å². The lowest BCUT2D eigenvalue weighted by molar-refractivity contribution is 0.186. The van der Waals surface area contributed by atoms with Gasteiger partial charge in [-0.05, 0) is 24.5 Å². The molecular formula is C13H16N2O2. The van der Waals surface area contributed by atoms with E-state index in [4.69, 9.17) is 4.42 Å². The highest BCUT2D eigenvalue weighted by Crippen LogP contribution is 2.47. The molecule has 1 aliphatic carbocycles. The second-order valence-corrected chi connectivity index (χ2v) is 4.91. The van der Waals surface area contributed by atoms with E-state index >= 15 is 0 Å². The Bertz CT molecular complexity index is 529. The molecule has 1 fully saturated rings. The van der Waals surface area contributed by atoms with Crippen molar-refractivity contribution in [2.24, 2.45) is 13.0 Å². The molecule has 2 aromatic rings. The highest BCUT2D eigenvalue weighted by molar-refractivity contribution is 5.24. The van der Waals surface area contributed by atoms with Gasteiger partial charge in [-0.15, -0.1) is 0 Å². The molecule has 90 valence electrons. The van der Waals surface area contributed by atoms with Crippen molar-refractivity contribution < 1.29 is 9.52 Å². The van der Waals surface area contributed by atoms with Gasteiger partial charge in [-0.3, -0.25) is 4.68 Å². The van der Waals surface area contributed by atoms with Crippen LogP contribution in [0.2, 0.25) is 0 Å². The van der Waals surface area contributed by atoms with Gasteiger partial charge in [-0.25, -0.2) is 0 Å². The summed E-state index contributed by atoms with van der Waals surface area (Å²) >= 11 is 0. The van der Waals surface area contributed by atoms with Gasteiger partial charge < -0.3 is 9.52 Å². The third-order valence-corrected chi connectivity index (χ3v) is 3.43. The molecular weight excluding hydrogens is 216 g/mol. The van der Waals surface area contributed by atoms with Gasteiger partial charge in [0.25, 0.3) is 0 Å². The molecule has 4 heteroatoms. The molecule has 0 saturated heterocycles. The Morgan fingerprint density at radius 1 is 1.53 bits per heavy atom. The summed E-state index contributed by atoms with van der Waals surface area (Å²) in [5.41, 5.74) is 0.761. The van der Waals surface area contributed by atoms with E-state index in [-0.39, 0.29) is 0 Å². The van der Waals surface area contributed by atoms with Crippen LogP contribution in [0, 0.1) is 5.92 Å². The molecule has 1 saturated carbocycles. The van der Waals surface area contributed by atoms with E-state index in [2.05, 4.69) is 12.0 Å². The summed E-state index contributed by atoms with van der Waals surface area (Å²) in [6.07, 6.45) is 3.93. The van der Waals surface area contributed by atoms with E-state index in [1.165, 1.54) is 6.42 Å². The number of aryl methyl sites for hydroxylation is 1. The van der Waals surface area contributed by atoms with E-state index in [0.717, 1.165) is 11.3 Å². The lowest BCUT2D eigenvalue weighted by Crippen LogP contribution is -1.96. The lowest BCUT2D eigenvalue weighted by atomic mass is 10.1. The van der Waals surface area contributed by atoms with Crippen LogP contribution in [0.3, 0.4) is 0 Å². The largest absolute Gasteiger partial charge is 0.463 e. The van der Waals surface area contributed by atoms with Crippen LogP contribution in [-0.2, 0) is 7.05 Å². The minimum Gasteiger partial charge on any atom is -0.463 e. The molecule has 0 aromatic carbocycles. The van der Waals surface area contributed by atoms with Crippen molar-refractivity contribution in [1.82, 2.24) is 9.78 Å². The summed E-state index contributed by atoms with van der Waals surface area (Å²) in [6, 6.07) is 3.83. The Balaban J connectivity index is 1.81. The van der Waals surface area contributed by atoms with Crippen LogP contribution in [0.5, 0.6) is 0 Å². The van der Waals surface area contributed by atoms with Gasteiger partial charge in [-0.2, -0.15) is 5.10 Å². The second-order valence-electron chi connectivity index (χ2n) is 4.91. The second kappa shape index (κ2) is 3.74. The minimum atomic E-state index is -0.716. The predicted octanol–water partition coefficient (Wildman–Crippen LogP) is 2.22. The van der Waals surface area contributed by atoms with Crippen molar-refractivity contribution in [1.29, 1.82) is 0 Å². The highest BCUT2D eigenvalue weighted by atomic mass is 16.4. The van der Waals surface area contributed by atoms with Crippen LogP contribution in [0.1, 0.15) is 42.5 Å². The molecule has 17 heavy (non-hydrogen) atoms. The fourth-order valence-electron chi connectivity index (χ4n) is 2.18. The van der Waals surface area contributed by atoms with Crippen LogP contribution in [0.4, 0.5) is 0 Å². The van der Waals surface area contributed by atoms with Crippen LogP contribution in [-0.4, -0.2) is 14.9 Å². The van der Waals surface area contributed by atoms with Gasteiger partial charge in [0, 0.05) is 24.7 Å². The Hall–Kier alpha value is -1.55. The first kappa shape index (κ1) is 10.6. The lowest BCUT2D eigenvalue weighted by Gasteiger charge is -2.04. The van der Waals surface area contributed by atoms with Gasteiger partial charge >= 0.3 is 0 Å². The minimum absolute atomic E-state index is 0.546. The monoisotopic (exact) mass is 232 g/mol. The number of furan rings is 1. The molecule has 2 aromatic heterocycles. The quantitative estimate of drug-likeness (QED) is 0.882. The summed E-state index contributed by atoms with van der Waals surface area (Å²) < 4.78 is 7.39. The predicted molar refractivity (Wildman–Crippen MR) is 62.5 cm³/mol. The first-order valence-electron chi connectivity index (χ1n) is 5.91. The molecule has 0 radical (unpaired) electrons. The fraction of sp³-hybridized carbons (Fsp3) is 0.462. The van der Waals surface area contributed by atoms with Gasteiger partial charge in [0.2, 0.25) is 0 Å². The highest BCUT2D eigenvalue weighted by Gasteiger charge is 2.37. The summed E-state index contributed by atoms with van der Waals surface area (Å²) in [7, 11) is 1.83. The van der Waals surface area contributed by atoms with Crippen LogP contribution < -0.4 is 0 Å². The standard InChI is InChI=1S/C13H16N2O2/c1-8-5-10(8)11-3-4-12(17-11)13(16)9-6-14-15(2)7-9/h3-4,6-8,10,13,16H,5H2,1-2H3. The van der Waals surface area contributed by atoms with Crippen molar-refractivity contribution in [2.75, 3.05) is 0 Å². The zero-order chi connectivity index (χ0) is 12.0. The van der Waals surface area contributed by atoms with Crippen LogP contribution in [0.25, 0.3) is 0 Å². The van der Waals surface area contributed by atoms with E-state index in [1.807, 2.05) is 19.2 Å². The Kier molecular flexibility index (Phi) is 2.33. The topological polar surface area (TPSA) is 51.2 Å². The van der Waals surface area contributed by atoms with Crippen LogP contribution >= 0.6 is 0 Å². The van der Waals surface area contributed by atoms with E-state index < -0.39 is 6.10 Å². The molecule has 0 aliphatic heterocycles. The van der Waals surface area contributed by atoms with Crippen molar-refractivity contribution in [2.45, 2.75) is 25.4 Å². The maximum absolute atomic E-state index is 10.1. The number of aromatic nitrogens is 2. The average Bonchev–Trinajstić information content (AvgIpc) is 2.75. The third kappa shape index (κ3) is 1.89. The Labute approximate surface area is 99.9 Å². The molecule has 2 heterocycles. The van der Waals surface area contributed by atoms with Gasteiger partial charge in [0.1, 0.15) is 17.6 Å². The molecule has 3 unspecified atom stereocenters. The molecule has 0 amide bonds. The van der Waals surface area contributed by atoms with Crippen molar-refractivity contribution >= 4 is 0 Å². The van der Waals surface area contributed by atoms with E-state index in [9.17, 15) is 5.11 Å². The summed E-state index contributed by atoms with van der Waals surface area (Å²) in [6.45, 7) is 2.21. The Morgan fingerprint density at radius 2 is 2.29 bits per heavy atom. The number of hydrogen-bond donors (Lipinski definition) is 1. The zero-order valence-corrected chi connectivity index (χ0v) is 10.00. The first-order chi connectivity index (χ1) is 8.15. The smallest absolute Gasteiger partial charge is 0.140 e. The van der Waals surface area contributed by atoms with Gasteiger partial charge in [0.05, 0.1) is 6.20 Å². The summed E-state index contributed by atoms with van der Waals surface area (Å²) in [5.74, 6) is 2.86. The molecule has 0 spiro atoms. The van der Waals surface area contributed by atoms with E-state index in [0.29, 0.717) is 17.6 Å². The third-order valence-electron chi connectivity index (χ3n) is 3.43. The maximum Gasteiger partial charge on any atom is 0.140 e. The SMILES string of the molecule is CC1CC1c1ccc(C(O)c2cnn(C)c2)o1. The van der Waals surface area contributed by atoms with Crippen molar-refractivity contribution in [3.8, 4) is 0 Å². The summed E-state index contributed by atoms with van der Waals surface area (Å²) in [4.78, 5) is 0. The summed E-state index contributed by atoms with van der Waals surface area (Å²) in [5, 5.41) is 14.2. The first-order valence-corrected chi connectivity index (χ1v) is 5.91. The number of aliphatic hydroxyl groups excluding tert-OH is 1. The van der Waals surface area contributed by atoms with Gasteiger partial charge in [0.15, 0.2) is 0 Å². The van der Waals surface area contributed by atoms with Crippen molar-refractivity contribution in [3.05, 3.63) is 41.6 Å². The molecule has 0 bridgehead atoms. The number of nitrogens with zero attached hydrogens (tertiary/aromatic N) is 2. The fourth-order valence-corrected chi connectivity index (χ4v) is 2.18. The molecule has 3 atom stereocenters. The van der Waals surface area contributed by atoms with E-state index in [1.54, 1.807) is 17.1 Å². The average molecular weight is 232 g/mol. The zero-order valence-electron chi connectivity index (χ0n) is 10.00. The Morgan fingerprint density at radius 3 is 2.88 bits per heavy atom. The van der Waals surface area contributed by atoms with Gasteiger partial charge in [-0.1, -0.05) is 6.92 Å². The maximum atomic E-state index is 10.1. The molecule has 1 aliphatic rings. The number of aliphatic hydroxyl groups is 1. The molecule has 1 N–H and O–H groups in total. The molecule has 4 nitrogen and oxygen atoms in total.